The lowest BCUT2D eigenvalue weighted by atomic mass is 10.1. The van der Waals surface area contributed by atoms with Gasteiger partial charge in [-0.1, -0.05) is 64.0 Å². The molecule has 1 aliphatic rings. The maximum atomic E-state index is 13.1. The van der Waals surface area contributed by atoms with E-state index in [-0.39, 0.29) is 5.91 Å². The Morgan fingerprint density at radius 1 is 1.00 bits per heavy atom. The fourth-order valence-electron chi connectivity index (χ4n) is 3.26. The molecule has 0 fully saturated rings. The molecule has 0 aliphatic carbocycles. The van der Waals surface area contributed by atoms with Crippen molar-refractivity contribution in [3.8, 4) is 5.75 Å². The number of hydrazone groups is 1. The number of carbonyl (C=O) groups excluding carboxylic acids is 1. The zero-order valence-corrected chi connectivity index (χ0v) is 20.3. The number of carbonyl (C=O) groups is 1. The highest BCUT2D eigenvalue weighted by atomic mass is 79.9. The fraction of sp³-hybridized carbons (Fsp3) is 0.120. The summed E-state index contributed by atoms with van der Waals surface area (Å²) < 4.78 is 7.85. The van der Waals surface area contributed by atoms with E-state index in [0.29, 0.717) is 23.6 Å². The molecule has 0 unspecified atom stereocenters. The Bertz CT molecular complexity index is 1190. The lowest BCUT2D eigenvalue weighted by molar-refractivity contribution is -0.114. The first-order chi connectivity index (χ1) is 14.9. The van der Waals surface area contributed by atoms with Crippen LogP contribution in [0.25, 0.3) is 6.08 Å². The summed E-state index contributed by atoms with van der Waals surface area (Å²) >= 11 is 7.14. The van der Waals surface area contributed by atoms with Crippen LogP contribution in [0.15, 0.2) is 86.3 Å². The third-order valence-electron chi connectivity index (χ3n) is 4.90. The summed E-state index contributed by atoms with van der Waals surface area (Å²) in [4.78, 5) is 13.1. The first-order valence-electron chi connectivity index (χ1n) is 9.76. The average Bonchev–Trinajstić information content (AvgIpc) is 3.03. The topological polar surface area (TPSA) is 41.9 Å². The Kier molecular flexibility index (Phi) is 6.39. The molecule has 1 heterocycles. The van der Waals surface area contributed by atoms with Gasteiger partial charge < -0.3 is 4.74 Å². The maximum absolute atomic E-state index is 13.1. The monoisotopic (exact) mass is 538 g/mol. The fourth-order valence-corrected chi connectivity index (χ4v) is 4.64. The van der Waals surface area contributed by atoms with Gasteiger partial charge >= 0.3 is 0 Å². The highest BCUT2D eigenvalue weighted by Gasteiger charge is 2.29. The molecule has 0 bridgehead atoms. The van der Waals surface area contributed by atoms with Crippen LogP contribution in [0.3, 0.4) is 0 Å². The van der Waals surface area contributed by atoms with Gasteiger partial charge in [-0.2, -0.15) is 10.1 Å². The van der Waals surface area contributed by atoms with Crippen LogP contribution in [0.4, 0.5) is 5.69 Å². The predicted octanol–water partition coefficient (Wildman–Crippen LogP) is 6.91. The molecule has 0 saturated heterocycles. The lowest BCUT2D eigenvalue weighted by Crippen LogP contribution is -2.21. The summed E-state index contributed by atoms with van der Waals surface area (Å²) in [5.74, 6) is 0.513. The molecule has 156 valence electrons. The molecular weight excluding hydrogens is 520 g/mol. The summed E-state index contributed by atoms with van der Waals surface area (Å²) in [5, 5.41) is 5.89. The molecule has 0 atom stereocenters. The smallest absolute Gasteiger partial charge is 0.280 e. The van der Waals surface area contributed by atoms with Crippen molar-refractivity contribution in [2.45, 2.75) is 20.5 Å². The lowest BCUT2D eigenvalue weighted by Gasteiger charge is -2.14. The number of hydrogen-bond acceptors (Lipinski definition) is 3. The van der Waals surface area contributed by atoms with Crippen molar-refractivity contribution < 1.29 is 9.53 Å². The number of benzene rings is 3. The van der Waals surface area contributed by atoms with Crippen molar-refractivity contribution in [1.82, 2.24) is 0 Å². The van der Waals surface area contributed by atoms with Crippen molar-refractivity contribution in [3.63, 3.8) is 0 Å². The van der Waals surface area contributed by atoms with Crippen LogP contribution in [-0.2, 0) is 11.4 Å². The van der Waals surface area contributed by atoms with E-state index in [1.54, 1.807) is 0 Å². The van der Waals surface area contributed by atoms with E-state index < -0.39 is 0 Å². The Balaban J connectivity index is 1.66. The van der Waals surface area contributed by atoms with Gasteiger partial charge in [0.25, 0.3) is 5.91 Å². The van der Waals surface area contributed by atoms with Crippen molar-refractivity contribution in [2.24, 2.45) is 5.10 Å². The second kappa shape index (κ2) is 9.20. The molecule has 0 saturated carbocycles. The Labute approximate surface area is 198 Å². The molecule has 0 aromatic heterocycles. The molecule has 3 aromatic rings. The highest BCUT2D eigenvalue weighted by Crippen LogP contribution is 2.36. The Morgan fingerprint density at radius 3 is 2.42 bits per heavy atom. The minimum Gasteiger partial charge on any atom is -0.487 e. The number of hydrogen-bond donors (Lipinski definition) is 0. The summed E-state index contributed by atoms with van der Waals surface area (Å²) in [7, 11) is 0. The van der Waals surface area contributed by atoms with Crippen molar-refractivity contribution >= 4 is 55.2 Å². The molecular formula is C25H20Br2N2O2. The number of aryl methyl sites for hydroxylation is 1. The Hall–Kier alpha value is -2.70. The molecule has 31 heavy (non-hydrogen) atoms. The van der Waals surface area contributed by atoms with E-state index in [0.717, 1.165) is 25.8 Å². The van der Waals surface area contributed by atoms with Gasteiger partial charge in [0.2, 0.25) is 0 Å². The third kappa shape index (κ3) is 4.81. The number of halogens is 2. The normalized spacial score (nSPS) is 14.8. The quantitative estimate of drug-likeness (QED) is 0.331. The van der Waals surface area contributed by atoms with E-state index in [1.165, 1.54) is 10.6 Å². The first-order valence-corrected chi connectivity index (χ1v) is 11.3. The molecule has 0 radical (unpaired) electrons. The van der Waals surface area contributed by atoms with E-state index >= 15 is 0 Å². The molecule has 1 aliphatic heterocycles. The van der Waals surface area contributed by atoms with E-state index in [4.69, 9.17) is 4.74 Å². The standard InChI is InChI=1S/C25H20Br2N2O2/c1-16-8-10-18(11-9-16)15-31-24-19(12-20(26)14-23(24)27)13-22-17(2)28-29(25(22)30)21-6-4-3-5-7-21/h3-14H,15H2,1-2H3/b22-13+. The molecule has 6 heteroatoms. The van der Waals surface area contributed by atoms with Crippen LogP contribution < -0.4 is 9.75 Å². The van der Waals surface area contributed by atoms with Gasteiger partial charge in [-0.25, -0.2) is 0 Å². The van der Waals surface area contributed by atoms with Crippen molar-refractivity contribution in [2.75, 3.05) is 5.01 Å². The largest absolute Gasteiger partial charge is 0.487 e. The van der Waals surface area contributed by atoms with Crippen LogP contribution in [0.1, 0.15) is 23.6 Å². The summed E-state index contributed by atoms with van der Waals surface area (Å²) in [6.07, 6.45) is 1.84. The van der Waals surface area contributed by atoms with Crippen LogP contribution in [-0.4, -0.2) is 11.6 Å². The van der Waals surface area contributed by atoms with Crippen molar-refractivity contribution in [3.05, 3.63) is 97.9 Å². The summed E-state index contributed by atoms with van der Waals surface area (Å²) in [5.41, 5.74) is 5.01. The molecule has 1 amide bonds. The van der Waals surface area contributed by atoms with Crippen LogP contribution in [0.2, 0.25) is 0 Å². The number of amides is 1. The van der Waals surface area contributed by atoms with Gasteiger partial charge in [0.05, 0.1) is 21.4 Å². The van der Waals surface area contributed by atoms with Crippen LogP contribution in [0.5, 0.6) is 5.75 Å². The van der Waals surface area contributed by atoms with Gasteiger partial charge in [0.1, 0.15) is 12.4 Å². The van der Waals surface area contributed by atoms with Crippen LogP contribution in [0, 0.1) is 6.92 Å². The number of rotatable bonds is 5. The number of anilines is 1. The van der Waals surface area contributed by atoms with Crippen molar-refractivity contribution in [1.29, 1.82) is 0 Å². The average molecular weight is 540 g/mol. The second-order valence-electron chi connectivity index (χ2n) is 7.28. The zero-order valence-electron chi connectivity index (χ0n) is 17.1. The number of ether oxygens (including phenoxy) is 1. The van der Waals surface area contributed by atoms with Gasteiger partial charge in [0.15, 0.2) is 0 Å². The number of nitrogens with zero attached hydrogens (tertiary/aromatic N) is 2. The van der Waals surface area contributed by atoms with Gasteiger partial charge in [-0.15, -0.1) is 0 Å². The summed E-state index contributed by atoms with van der Waals surface area (Å²) in [6, 6.07) is 21.5. The van der Waals surface area contributed by atoms with Gasteiger partial charge in [-0.3, -0.25) is 4.79 Å². The minimum absolute atomic E-state index is 0.163. The number of para-hydroxylation sites is 1. The minimum atomic E-state index is -0.163. The summed E-state index contributed by atoms with van der Waals surface area (Å²) in [6.45, 7) is 4.32. The third-order valence-corrected chi connectivity index (χ3v) is 5.95. The second-order valence-corrected chi connectivity index (χ2v) is 9.05. The molecule has 3 aromatic carbocycles. The van der Waals surface area contributed by atoms with Gasteiger partial charge in [-0.05, 0) is 65.7 Å². The van der Waals surface area contributed by atoms with E-state index in [2.05, 4.69) is 68.2 Å². The SMILES string of the molecule is CC1=NN(c2ccccc2)C(=O)/C1=C/c1cc(Br)cc(Br)c1OCc1ccc(C)cc1. The van der Waals surface area contributed by atoms with E-state index in [9.17, 15) is 4.79 Å². The highest BCUT2D eigenvalue weighted by molar-refractivity contribution is 9.11. The molecule has 4 rings (SSSR count). The van der Waals surface area contributed by atoms with Gasteiger partial charge in [0, 0.05) is 10.0 Å². The molecule has 0 spiro atoms. The molecule has 0 N–H and O–H groups in total. The Morgan fingerprint density at radius 2 is 1.71 bits per heavy atom. The van der Waals surface area contributed by atoms with Crippen LogP contribution >= 0.6 is 31.9 Å². The first kappa shape index (κ1) is 21.5. The molecule has 4 nitrogen and oxygen atoms in total. The zero-order chi connectivity index (χ0) is 22.0. The predicted molar refractivity (Wildman–Crippen MR) is 132 cm³/mol. The maximum Gasteiger partial charge on any atom is 0.280 e. The van der Waals surface area contributed by atoms with E-state index in [1.807, 2.05) is 55.5 Å².